The van der Waals surface area contributed by atoms with Gasteiger partial charge >= 0.3 is 6.09 Å². The fraction of sp³-hybridized carbons (Fsp3) is 0.938. The first-order chi connectivity index (χ1) is 9.58. The minimum Gasteiger partial charge on any atom is -0.444 e. The van der Waals surface area contributed by atoms with E-state index in [0.717, 1.165) is 19.6 Å². The molecular weight excluding hydrogens is 266 g/mol. The van der Waals surface area contributed by atoms with Crippen LogP contribution in [0.3, 0.4) is 0 Å². The standard InChI is InChI=1S/C16H33N3O2/c1-12(2)8-14(18(6)7)9-17-13-10-19(11-13)15(20)21-16(3,4)5/h12-14,17H,8-11H2,1-7H3. The minimum absolute atomic E-state index is 0.202. The molecule has 0 aromatic carbocycles. The van der Waals surface area contributed by atoms with Gasteiger partial charge in [-0.3, -0.25) is 0 Å². The van der Waals surface area contributed by atoms with Gasteiger partial charge in [0, 0.05) is 31.7 Å². The maximum Gasteiger partial charge on any atom is 0.410 e. The molecule has 1 N–H and O–H groups in total. The van der Waals surface area contributed by atoms with Gasteiger partial charge in [-0.15, -0.1) is 0 Å². The molecule has 1 aliphatic heterocycles. The van der Waals surface area contributed by atoms with E-state index in [1.54, 1.807) is 4.90 Å². The van der Waals surface area contributed by atoms with Crippen LogP contribution < -0.4 is 5.32 Å². The second kappa shape index (κ2) is 7.45. The van der Waals surface area contributed by atoms with Crippen LogP contribution in [0.5, 0.6) is 0 Å². The fourth-order valence-electron chi connectivity index (χ4n) is 2.41. The smallest absolute Gasteiger partial charge is 0.410 e. The summed E-state index contributed by atoms with van der Waals surface area (Å²) in [4.78, 5) is 15.9. The van der Waals surface area contributed by atoms with Gasteiger partial charge in [0.1, 0.15) is 5.60 Å². The summed E-state index contributed by atoms with van der Waals surface area (Å²) in [6.45, 7) is 12.7. The van der Waals surface area contributed by atoms with Gasteiger partial charge in [-0.1, -0.05) is 13.8 Å². The zero-order valence-electron chi connectivity index (χ0n) is 14.8. The second-order valence-electron chi connectivity index (χ2n) is 7.74. The summed E-state index contributed by atoms with van der Waals surface area (Å²) in [5.41, 5.74) is -0.414. The number of carbonyl (C=O) groups excluding carboxylic acids is 1. The topological polar surface area (TPSA) is 44.8 Å². The Bertz CT molecular complexity index is 331. The minimum atomic E-state index is -0.414. The lowest BCUT2D eigenvalue weighted by atomic mass is 10.0. The average Bonchev–Trinajstić information content (AvgIpc) is 2.21. The quantitative estimate of drug-likeness (QED) is 0.816. The van der Waals surface area contributed by atoms with Crippen molar-refractivity contribution in [2.45, 2.75) is 58.7 Å². The van der Waals surface area contributed by atoms with E-state index in [0.29, 0.717) is 18.0 Å². The Labute approximate surface area is 130 Å². The maximum absolute atomic E-state index is 11.8. The summed E-state index contributed by atoms with van der Waals surface area (Å²) in [5, 5.41) is 3.56. The first-order valence-corrected chi connectivity index (χ1v) is 7.96. The Kier molecular flexibility index (Phi) is 6.47. The van der Waals surface area contributed by atoms with E-state index in [1.165, 1.54) is 6.42 Å². The molecule has 1 rings (SSSR count). The van der Waals surface area contributed by atoms with E-state index in [4.69, 9.17) is 4.74 Å². The first kappa shape index (κ1) is 18.2. The van der Waals surface area contributed by atoms with Crippen LogP contribution in [0.25, 0.3) is 0 Å². The number of likely N-dealkylation sites (N-methyl/N-ethyl adjacent to an activating group) is 1. The van der Waals surface area contributed by atoms with Gasteiger partial charge in [-0.2, -0.15) is 0 Å². The molecule has 0 bridgehead atoms. The molecular formula is C16H33N3O2. The van der Waals surface area contributed by atoms with Gasteiger partial charge in [0.15, 0.2) is 0 Å². The number of rotatable bonds is 6. The molecule has 1 aliphatic rings. The normalized spacial score (nSPS) is 18.0. The third kappa shape index (κ3) is 6.66. The molecule has 124 valence electrons. The molecule has 0 saturated carbocycles. The van der Waals surface area contributed by atoms with Crippen LogP contribution in [0, 0.1) is 5.92 Å². The number of hydrogen-bond donors (Lipinski definition) is 1. The number of amides is 1. The third-order valence-corrected chi connectivity index (χ3v) is 3.65. The van der Waals surface area contributed by atoms with Crippen LogP contribution in [0.4, 0.5) is 4.79 Å². The van der Waals surface area contributed by atoms with Gasteiger partial charge in [-0.05, 0) is 47.2 Å². The molecule has 1 fully saturated rings. The number of hydrogen-bond acceptors (Lipinski definition) is 4. The molecule has 21 heavy (non-hydrogen) atoms. The number of carbonyl (C=O) groups is 1. The molecule has 1 amide bonds. The second-order valence-corrected chi connectivity index (χ2v) is 7.74. The number of ether oxygens (including phenoxy) is 1. The zero-order chi connectivity index (χ0) is 16.2. The van der Waals surface area contributed by atoms with E-state index >= 15 is 0 Å². The highest BCUT2D eigenvalue weighted by Gasteiger charge is 2.33. The van der Waals surface area contributed by atoms with Crippen molar-refractivity contribution in [1.82, 2.24) is 15.1 Å². The van der Waals surface area contributed by atoms with Crippen molar-refractivity contribution in [3.63, 3.8) is 0 Å². The summed E-state index contributed by atoms with van der Waals surface area (Å²) in [6.07, 6.45) is 0.981. The molecule has 0 radical (unpaired) electrons. The number of likely N-dealkylation sites (tertiary alicyclic amines) is 1. The van der Waals surface area contributed by atoms with Gasteiger partial charge in [0.25, 0.3) is 0 Å². The van der Waals surface area contributed by atoms with Crippen molar-refractivity contribution in [3.05, 3.63) is 0 Å². The van der Waals surface area contributed by atoms with E-state index in [-0.39, 0.29) is 6.09 Å². The summed E-state index contributed by atoms with van der Waals surface area (Å²) in [6, 6.07) is 0.938. The highest BCUT2D eigenvalue weighted by molar-refractivity contribution is 5.69. The zero-order valence-corrected chi connectivity index (χ0v) is 14.8. The van der Waals surface area contributed by atoms with Crippen LogP contribution in [-0.4, -0.2) is 67.3 Å². The number of nitrogens with one attached hydrogen (secondary N) is 1. The molecule has 1 unspecified atom stereocenters. The van der Waals surface area contributed by atoms with Crippen molar-refractivity contribution in [3.8, 4) is 0 Å². The summed E-state index contributed by atoms with van der Waals surface area (Å²) >= 11 is 0. The van der Waals surface area contributed by atoms with Crippen LogP contribution in [0.2, 0.25) is 0 Å². The first-order valence-electron chi connectivity index (χ1n) is 7.96. The highest BCUT2D eigenvalue weighted by Crippen LogP contribution is 2.16. The number of nitrogens with zero attached hydrogens (tertiary/aromatic N) is 2. The fourth-order valence-corrected chi connectivity index (χ4v) is 2.41. The van der Waals surface area contributed by atoms with E-state index in [1.807, 2.05) is 20.8 Å². The van der Waals surface area contributed by atoms with Crippen LogP contribution >= 0.6 is 0 Å². The van der Waals surface area contributed by atoms with Crippen LogP contribution in [0.15, 0.2) is 0 Å². The van der Waals surface area contributed by atoms with E-state index in [2.05, 4.69) is 38.2 Å². The molecule has 5 nitrogen and oxygen atoms in total. The molecule has 5 heteroatoms. The summed E-state index contributed by atoms with van der Waals surface area (Å²) < 4.78 is 5.36. The maximum atomic E-state index is 11.8. The Morgan fingerprint density at radius 3 is 2.33 bits per heavy atom. The van der Waals surface area contributed by atoms with Gasteiger partial charge < -0.3 is 19.9 Å². The van der Waals surface area contributed by atoms with Gasteiger partial charge in [0.2, 0.25) is 0 Å². The molecule has 1 atom stereocenters. The molecule has 0 spiro atoms. The summed E-state index contributed by atoms with van der Waals surface area (Å²) in [5.74, 6) is 0.693. The van der Waals surface area contributed by atoms with Crippen molar-refractivity contribution < 1.29 is 9.53 Å². The lowest BCUT2D eigenvalue weighted by Gasteiger charge is -2.41. The molecule has 1 saturated heterocycles. The Morgan fingerprint density at radius 2 is 1.90 bits per heavy atom. The SMILES string of the molecule is CC(C)CC(CNC1CN(C(=O)OC(C)(C)C)C1)N(C)C. The molecule has 0 aromatic heterocycles. The molecule has 0 aromatic rings. The van der Waals surface area contributed by atoms with Gasteiger partial charge in [0.05, 0.1) is 0 Å². The summed E-state index contributed by atoms with van der Waals surface area (Å²) in [7, 11) is 4.25. The monoisotopic (exact) mass is 299 g/mol. The predicted octanol–water partition coefficient (Wildman–Crippen LogP) is 2.17. The van der Waals surface area contributed by atoms with Crippen molar-refractivity contribution in [2.75, 3.05) is 33.7 Å². The van der Waals surface area contributed by atoms with Crippen molar-refractivity contribution in [2.24, 2.45) is 5.92 Å². The molecule has 1 heterocycles. The van der Waals surface area contributed by atoms with Crippen LogP contribution in [-0.2, 0) is 4.74 Å². The van der Waals surface area contributed by atoms with E-state index in [9.17, 15) is 4.79 Å². The largest absolute Gasteiger partial charge is 0.444 e. The van der Waals surface area contributed by atoms with E-state index < -0.39 is 5.60 Å². The lowest BCUT2D eigenvalue weighted by Crippen LogP contribution is -2.61. The Hall–Kier alpha value is -0.810. The van der Waals surface area contributed by atoms with Crippen molar-refractivity contribution in [1.29, 1.82) is 0 Å². The third-order valence-electron chi connectivity index (χ3n) is 3.65. The van der Waals surface area contributed by atoms with Crippen molar-refractivity contribution >= 4 is 6.09 Å². The van der Waals surface area contributed by atoms with Gasteiger partial charge in [-0.25, -0.2) is 4.79 Å². The average molecular weight is 299 g/mol. The Balaban J connectivity index is 2.27. The Morgan fingerprint density at radius 1 is 1.33 bits per heavy atom. The molecule has 0 aliphatic carbocycles. The predicted molar refractivity (Wildman–Crippen MR) is 86.5 cm³/mol. The van der Waals surface area contributed by atoms with Crippen LogP contribution in [0.1, 0.15) is 41.0 Å². The lowest BCUT2D eigenvalue weighted by molar-refractivity contribution is 0.00475. The highest BCUT2D eigenvalue weighted by atomic mass is 16.6.